The Hall–Kier alpha value is -2.93. The molecule has 0 unspecified atom stereocenters. The van der Waals surface area contributed by atoms with Crippen molar-refractivity contribution in [3.8, 4) is 5.75 Å². The van der Waals surface area contributed by atoms with Gasteiger partial charge in [-0.1, -0.05) is 47.5 Å². The first-order chi connectivity index (χ1) is 17.0. The van der Waals surface area contributed by atoms with Crippen LogP contribution >= 0.6 is 0 Å². The molecule has 0 bridgehead atoms. The average molecular weight is 501 g/mol. The second-order valence-electron chi connectivity index (χ2n) is 9.99. The maximum absolute atomic E-state index is 10.7. The van der Waals surface area contributed by atoms with Crippen molar-refractivity contribution in [1.82, 2.24) is 5.01 Å². The number of ether oxygens (including phenoxy) is 2. The number of anilines is 1. The molecule has 1 aliphatic carbocycles. The van der Waals surface area contributed by atoms with Crippen LogP contribution in [0.4, 0.5) is 5.69 Å². The molecule has 5 N–H and O–H groups in total. The number of methoxy groups -OCH3 is 1. The van der Waals surface area contributed by atoms with E-state index >= 15 is 0 Å². The molecular weight excluding hydrogens is 452 g/mol. The molecule has 36 heavy (non-hydrogen) atoms. The number of unbranched alkanes of at least 4 members (excludes halogenated alkanes) is 2. The van der Waals surface area contributed by atoms with Crippen LogP contribution < -0.4 is 21.6 Å². The molecule has 202 valence electrons. The topological polar surface area (TPSA) is 103 Å². The number of nitrogens with one attached hydrogen (secondary N) is 1. The fourth-order valence-electron chi connectivity index (χ4n) is 3.69. The largest absolute Gasteiger partial charge is 0.501 e. The first kappa shape index (κ1) is 31.1. The number of nitrogens with two attached hydrogens (primary N) is 2. The fraction of sp³-hybridized carbons (Fsp3) is 0.552. The Balaban J connectivity index is 0.000000360. The van der Waals surface area contributed by atoms with E-state index in [4.69, 9.17) is 21.1 Å². The van der Waals surface area contributed by atoms with Gasteiger partial charge < -0.3 is 20.5 Å². The summed E-state index contributed by atoms with van der Waals surface area (Å²) in [5.74, 6) is 7.89. The van der Waals surface area contributed by atoms with Crippen molar-refractivity contribution in [2.24, 2.45) is 11.6 Å². The highest BCUT2D eigenvalue weighted by Crippen LogP contribution is 2.30. The van der Waals surface area contributed by atoms with Crippen molar-refractivity contribution in [2.75, 3.05) is 26.1 Å². The highest BCUT2D eigenvalue weighted by Gasteiger charge is 2.18. The summed E-state index contributed by atoms with van der Waals surface area (Å²) in [6, 6.07) is 6.42. The molecule has 2 rings (SSSR count). The smallest absolute Gasteiger partial charge is 0.167 e. The van der Waals surface area contributed by atoms with Gasteiger partial charge in [-0.2, -0.15) is 0 Å². The monoisotopic (exact) mass is 500 g/mol. The number of carbonyl (C=O) groups is 1. The minimum atomic E-state index is 0.137. The molecule has 1 aromatic rings. The Morgan fingerprint density at radius 2 is 1.86 bits per heavy atom. The van der Waals surface area contributed by atoms with E-state index < -0.39 is 0 Å². The highest BCUT2D eigenvalue weighted by molar-refractivity contribution is 5.72. The van der Waals surface area contributed by atoms with E-state index in [2.05, 4.69) is 58.1 Å². The Labute approximate surface area is 218 Å². The second-order valence-corrected chi connectivity index (χ2v) is 9.99. The van der Waals surface area contributed by atoms with Crippen LogP contribution in [0.1, 0.15) is 85.6 Å². The molecule has 0 heterocycles. The number of hydrogen-bond acceptors (Lipinski definition) is 7. The van der Waals surface area contributed by atoms with Gasteiger partial charge in [-0.25, -0.2) is 5.84 Å². The van der Waals surface area contributed by atoms with Gasteiger partial charge in [0.1, 0.15) is 5.75 Å². The average Bonchev–Trinajstić information content (AvgIpc) is 2.88. The van der Waals surface area contributed by atoms with Crippen LogP contribution in [-0.2, 0) is 14.9 Å². The summed E-state index contributed by atoms with van der Waals surface area (Å²) in [6.45, 7) is 13.5. The van der Waals surface area contributed by atoms with Crippen molar-refractivity contribution in [1.29, 1.82) is 0 Å². The SMILES string of the molecule is CCC1=C(N(N)/C(C)=C(\N)C=O)C=C(OC)CC1.CCCCCOc1cc(NC)cc(C(C)(C)C)c1. The lowest BCUT2D eigenvalue weighted by Gasteiger charge is -2.27. The maximum Gasteiger partial charge on any atom is 0.167 e. The lowest BCUT2D eigenvalue weighted by atomic mass is 9.86. The third-order valence-corrected chi connectivity index (χ3v) is 6.27. The van der Waals surface area contributed by atoms with Crippen LogP contribution in [0.15, 0.2) is 52.7 Å². The molecule has 7 nitrogen and oxygen atoms in total. The van der Waals surface area contributed by atoms with Crippen molar-refractivity contribution < 1.29 is 14.3 Å². The van der Waals surface area contributed by atoms with E-state index in [1.165, 1.54) is 29.0 Å². The third kappa shape index (κ3) is 9.61. The maximum atomic E-state index is 10.7. The molecule has 0 aromatic heterocycles. The molecule has 1 aliphatic rings. The molecule has 0 aliphatic heterocycles. The number of hydrogen-bond donors (Lipinski definition) is 3. The van der Waals surface area contributed by atoms with Crippen LogP contribution in [0.2, 0.25) is 0 Å². The van der Waals surface area contributed by atoms with Gasteiger partial charge in [-0.05, 0) is 54.9 Å². The predicted molar refractivity (Wildman–Crippen MR) is 150 cm³/mol. The Kier molecular flexibility index (Phi) is 13.2. The summed E-state index contributed by atoms with van der Waals surface area (Å²) in [5, 5.41) is 4.66. The Bertz CT molecular complexity index is 942. The first-order valence-corrected chi connectivity index (χ1v) is 12.9. The van der Waals surface area contributed by atoms with E-state index in [1.54, 1.807) is 14.0 Å². The molecule has 0 spiro atoms. The number of nitrogens with zero attached hydrogens (tertiary/aromatic N) is 1. The lowest BCUT2D eigenvalue weighted by Crippen LogP contribution is -2.32. The zero-order valence-corrected chi connectivity index (χ0v) is 23.7. The number of carbonyl (C=O) groups excluding carboxylic acids is 1. The zero-order chi connectivity index (χ0) is 27.3. The van der Waals surface area contributed by atoms with Crippen molar-refractivity contribution in [3.05, 3.63) is 58.3 Å². The normalized spacial score (nSPS) is 14.2. The third-order valence-electron chi connectivity index (χ3n) is 6.27. The van der Waals surface area contributed by atoms with E-state index in [1.807, 2.05) is 13.1 Å². The number of hydrazine groups is 1. The predicted octanol–water partition coefficient (Wildman–Crippen LogP) is 6.13. The standard InChI is InChI=1S/C16H27NO.C13H21N3O2/c1-6-7-8-9-18-15-11-13(16(2,3)4)10-14(12-15)17-5;1-4-10-5-6-11(18-3)7-13(10)16(15)9(2)12(14)8-17/h10-12,17H,6-9H2,1-5H3;7-8H,4-6,14-15H2,1-3H3/b;12-9-. The van der Waals surface area contributed by atoms with Gasteiger partial charge in [-0.15, -0.1) is 0 Å². The Morgan fingerprint density at radius 1 is 1.17 bits per heavy atom. The van der Waals surface area contributed by atoms with Gasteiger partial charge in [-0.3, -0.25) is 9.80 Å². The summed E-state index contributed by atoms with van der Waals surface area (Å²) in [6.07, 6.45) is 8.80. The number of aldehydes is 1. The van der Waals surface area contributed by atoms with Gasteiger partial charge in [0.15, 0.2) is 6.29 Å². The summed E-state index contributed by atoms with van der Waals surface area (Å²) in [5.41, 5.74) is 10.9. The van der Waals surface area contributed by atoms with Crippen molar-refractivity contribution in [3.63, 3.8) is 0 Å². The first-order valence-electron chi connectivity index (χ1n) is 12.9. The van der Waals surface area contributed by atoms with Crippen LogP contribution in [0.3, 0.4) is 0 Å². The zero-order valence-electron chi connectivity index (χ0n) is 23.7. The van der Waals surface area contributed by atoms with E-state index in [-0.39, 0.29) is 11.1 Å². The number of rotatable bonds is 11. The van der Waals surface area contributed by atoms with Crippen LogP contribution in [0.25, 0.3) is 0 Å². The molecular formula is C29H48N4O3. The van der Waals surface area contributed by atoms with Crippen molar-refractivity contribution in [2.45, 2.75) is 85.5 Å². The van der Waals surface area contributed by atoms with Gasteiger partial charge in [0.05, 0.1) is 36.6 Å². The van der Waals surface area contributed by atoms with Gasteiger partial charge in [0.2, 0.25) is 0 Å². The number of allylic oxidation sites excluding steroid dienone is 5. The van der Waals surface area contributed by atoms with Crippen LogP contribution in [-0.4, -0.2) is 32.1 Å². The summed E-state index contributed by atoms with van der Waals surface area (Å²) in [7, 11) is 3.59. The molecule has 0 amide bonds. The van der Waals surface area contributed by atoms with E-state index in [0.717, 1.165) is 55.2 Å². The summed E-state index contributed by atoms with van der Waals surface area (Å²) >= 11 is 0. The highest BCUT2D eigenvalue weighted by atomic mass is 16.5. The molecule has 0 saturated carbocycles. The lowest BCUT2D eigenvalue weighted by molar-refractivity contribution is -0.105. The molecule has 0 saturated heterocycles. The van der Waals surface area contributed by atoms with Gasteiger partial charge >= 0.3 is 0 Å². The van der Waals surface area contributed by atoms with Crippen LogP contribution in [0, 0.1) is 0 Å². The second kappa shape index (κ2) is 15.2. The van der Waals surface area contributed by atoms with Gasteiger partial charge in [0, 0.05) is 31.3 Å². The minimum Gasteiger partial charge on any atom is -0.501 e. The molecule has 0 radical (unpaired) electrons. The quantitative estimate of drug-likeness (QED) is 0.110. The Morgan fingerprint density at radius 3 is 2.39 bits per heavy atom. The van der Waals surface area contributed by atoms with E-state index in [9.17, 15) is 4.79 Å². The fourth-order valence-corrected chi connectivity index (χ4v) is 3.69. The van der Waals surface area contributed by atoms with Crippen LogP contribution in [0.5, 0.6) is 5.75 Å². The van der Waals surface area contributed by atoms with Crippen molar-refractivity contribution >= 4 is 12.0 Å². The summed E-state index contributed by atoms with van der Waals surface area (Å²) in [4.78, 5) is 10.7. The molecule has 0 atom stereocenters. The van der Waals surface area contributed by atoms with E-state index in [0.29, 0.717) is 12.0 Å². The van der Waals surface area contributed by atoms with Gasteiger partial charge in [0.25, 0.3) is 0 Å². The number of benzene rings is 1. The minimum absolute atomic E-state index is 0.137. The molecule has 7 heteroatoms. The molecule has 1 aromatic carbocycles. The summed E-state index contributed by atoms with van der Waals surface area (Å²) < 4.78 is 11.1. The molecule has 0 fully saturated rings.